The molecule has 2 aromatic rings. The van der Waals surface area contributed by atoms with Gasteiger partial charge in [-0.3, -0.25) is 9.78 Å². The van der Waals surface area contributed by atoms with E-state index in [4.69, 9.17) is 16.3 Å². The number of morpholine rings is 1. The van der Waals surface area contributed by atoms with Crippen LogP contribution >= 0.6 is 11.6 Å². The van der Waals surface area contributed by atoms with E-state index in [2.05, 4.69) is 15.2 Å². The van der Waals surface area contributed by atoms with E-state index in [1.54, 1.807) is 6.20 Å². The molecule has 1 amide bonds. The molecule has 0 aliphatic carbocycles. The number of nitrogens with zero attached hydrogens (tertiary/aromatic N) is 2. The zero-order valence-corrected chi connectivity index (χ0v) is 14.2. The minimum Gasteiger partial charge on any atom is -0.366 e. The minimum absolute atomic E-state index is 0.142. The van der Waals surface area contributed by atoms with E-state index in [0.29, 0.717) is 18.2 Å². The van der Waals surface area contributed by atoms with Gasteiger partial charge in [0.15, 0.2) is 0 Å². The Kier molecular flexibility index (Phi) is 5.45. The maximum atomic E-state index is 12.7. The second kappa shape index (κ2) is 7.75. The maximum Gasteiger partial charge on any atom is 0.251 e. The molecule has 1 saturated heterocycles. The van der Waals surface area contributed by atoms with Gasteiger partial charge >= 0.3 is 0 Å². The van der Waals surface area contributed by atoms with Crippen molar-refractivity contribution < 1.29 is 9.53 Å². The Labute approximate surface area is 146 Å². The van der Waals surface area contributed by atoms with Gasteiger partial charge in [0.2, 0.25) is 0 Å². The number of ether oxygens (including phenoxy) is 1. The number of amides is 1. The van der Waals surface area contributed by atoms with Crippen molar-refractivity contribution in [2.75, 3.05) is 26.7 Å². The van der Waals surface area contributed by atoms with Crippen molar-refractivity contribution >= 4 is 17.5 Å². The SMILES string of the molecule is CN1CCO[C@H](C(=O)N[C@@H](c2cccc(Cl)c2)c2ccccn2)C1. The highest BCUT2D eigenvalue weighted by molar-refractivity contribution is 6.30. The molecule has 2 heterocycles. The van der Waals surface area contributed by atoms with Crippen molar-refractivity contribution in [1.29, 1.82) is 0 Å². The summed E-state index contributed by atoms with van der Waals surface area (Å²) in [5, 5.41) is 3.68. The van der Waals surface area contributed by atoms with Crippen molar-refractivity contribution in [3.63, 3.8) is 0 Å². The number of carbonyl (C=O) groups is 1. The second-order valence-corrected chi connectivity index (χ2v) is 6.31. The van der Waals surface area contributed by atoms with Crippen LogP contribution in [0.2, 0.25) is 5.02 Å². The molecule has 1 aromatic heterocycles. The topological polar surface area (TPSA) is 54.5 Å². The Morgan fingerprint density at radius 3 is 2.96 bits per heavy atom. The van der Waals surface area contributed by atoms with Gasteiger partial charge in [-0.1, -0.05) is 29.8 Å². The molecule has 1 fully saturated rings. The number of halogens is 1. The molecule has 0 radical (unpaired) electrons. The van der Waals surface area contributed by atoms with E-state index in [1.165, 1.54) is 0 Å². The van der Waals surface area contributed by atoms with E-state index in [1.807, 2.05) is 49.5 Å². The van der Waals surface area contributed by atoms with E-state index in [0.717, 1.165) is 17.8 Å². The monoisotopic (exact) mass is 345 g/mol. The fourth-order valence-corrected chi connectivity index (χ4v) is 2.93. The van der Waals surface area contributed by atoms with Crippen molar-refractivity contribution in [1.82, 2.24) is 15.2 Å². The van der Waals surface area contributed by atoms with Gasteiger partial charge in [-0.05, 0) is 36.9 Å². The molecule has 5 nitrogen and oxygen atoms in total. The number of nitrogens with one attached hydrogen (secondary N) is 1. The lowest BCUT2D eigenvalue weighted by atomic mass is 10.0. The average Bonchev–Trinajstić information content (AvgIpc) is 2.60. The van der Waals surface area contributed by atoms with Crippen molar-refractivity contribution in [3.8, 4) is 0 Å². The summed E-state index contributed by atoms with van der Waals surface area (Å²) in [5.74, 6) is -0.142. The Morgan fingerprint density at radius 2 is 2.25 bits per heavy atom. The number of pyridine rings is 1. The first-order valence-corrected chi connectivity index (χ1v) is 8.28. The van der Waals surface area contributed by atoms with E-state index in [-0.39, 0.29) is 11.9 Å². The van der Waals surface area contributed by atoms with Gasteiger partial charge in [0.25, 0.3) is 5.91 Å². The molecule has 126 valence electrons. The van der Waals surface area contributed by atoms with Gasteiger partial charge < -0.3 is 15.0 Å². The molecule has 0 bridgehead atoms. The zero-order valence-electron chi connectivity index (χ0n) is 13.5. The molecule has 1 aliphatic heterocycles. The van der Waals surface area contributed by atoms with Crippen LogP contribution in [0.4, 0.5) is 0 Å². The van der Waals surface area contributed by atoms with E-state index in [9.17, 15) is 4.79 Å². The van der Waals surface area contributed by atoms with Gasteiger partial charge in [0, 0.05) is 24.3 Å². The molecular formula is C18H20ClN3O2. The Bertz CT molecular complexity index is 696. The summed E-state index contributed by atoms with van der Waals surface area (Å²) in [6, 6.07) is 12.7. The smallest absolute Gasteiger partial charge is 0.251 e. The van der Waals surface area contributed by atoms with Gasteiger partial charge in [-0.25, -0.2) is 0 Å². The number of likely N-dealkylation sites (N-methyl/N-ethyl adjacent to an activating group) is 1. The number of benzene rings is 1. The Balaban J connectivity index is 1.84. The van der Waals surface area contributed by atoms with E-state index >= 15 is 0 Å². The van der Waals surface area contributed by atoms with Crippen LogP contribution in [-0.2, 0) is 9.53 Å². The van der Waals surface area contributed by atoms with Crippen LogP contribution in [0.1, 0.15) is 17.3 Å². The highest BCUT2D eigenvalue weighted by Gasteiger charge is 2.28. The van der Waals surface area contributed by atoms with Crippen molar-refractivity contribution in [3.05, 3.63) is 64.9 Å². The van der Waals surface area contributed by atoms with Crippen LogP contribution in [0.5, 0.6) is 0 Å². The van der Waals surface area contributed by atoms with Gasteiger partial charge in [0.1, 0.15) is 6.10 Å². The van der Waals surface area contributed by atoms with Crippen LogP contribution in [-0.4, -0.2) is 48.6 Å². The predicted molar refractivity (Wildman–Crippen MR) is 92.9 cm³/mol. The molecule has 1 aromatic carbocycles. The summed E-state index contributed by atoms with van der Waals surface area (Å²) < 4.78 is 5.61. The molecule has 6 heteroatoms. The summed E-state index contributed by atoms with van der Waals surface area (Å²) in [6.45, 7) is 1.97. The summed E-state index contributed by atoms with van der Waals surface area (Å²) >= 11 is 6.12. The van der Waals surface area contributed by atoms with Crippen molar-refractivity contribution in [2.24, 2.45) is 0 Å². The van der Waals surface area contributed by atoms with Gasteiger partial charge in [-0.15, -0.1) is 0 Å². The summed E-state index contributed by atoms with van der Waals surface area (Å²) in [5.41, 5.74) is 1.65. The molecule has 1 N–H and O–H groups in total. The first-order valence-electron chi connectivity index (χ1n) is 7.90. The first kappa shape index (κ1) is 16.9. The molecule has 1 aliphatic rings. The summed E-state index contributed by atoms with van der Waals surface area (Å²) in [7, 11) is 1.98. The average molecular weight is 346 g/mol. The third kappa shape index (κ3) is 4.12. The molecule has 0 unspecified atom stereocenters. The number of carbonyl (C=O) groups excluding carboxylic acids is 1. The first-order chi connectivity index (χ1) is 11.6. The standard InChI is InChI=1S/C18H20ClN3O2/c1-22-9-10-24-16(12-22)18(23)21-17(15-7-2-3-8-20-15)13-5-4-6-14(19)11-13/h2-8,11,16-17H,9-10,12H2,1H3,(H,21,23)/t16-,17-/m0/s1. The lowest BCUT2D eigenvalue weighted by molar-refractivity contribution is -0.138. The van der Waals surface area contributed by atoms with Gasteiger partial charge in [-0.2, -0.15) is 0 Å². The maximum absolute atomic E-state index is 12.7. The number of aromatic nitrogens is 1. The number of hydrogen-bond acceptors (Lipinski definition) is 4. The molecule has 24 heavy (non-hydrogen) atoms. The Morgan fingerprint density at radius 1 is 1.38 bits per heavy atom. The fraction of sp³-hybridized carbons (Fsp3) is 0.333. The lowest BCUT2D eigenvalue weighted by Gasteiger charge is -2.30. The highest BCUT2D eigenvalue weighted by Crippen LogP contribution is 2.23. The summed E-state index contributed by atoms with van der Waals surface area (Å²) in [6.07, 6.45) is 1.23. The molecule has 3 rings (SSSR count). The normalized spacial score (nSPS) is 19.7. The summed E-state index contributed by atoms with van der Waals surface area (Å²) in [4.78, 5) is 19.1. The second-order valence-electron chi connectivity index (χ2n) is 5.87. The lowest BCUT2D eigenvalue weighted by Crippen LogP contribution is -2.49. The third-order valence-electron chi connectivity index (χ3n) is 4.01. The van der Waals surface area contributed by atoms with Crippen LogP contribution in [0.15, 0.2) is 48.7 Å². The third-order valence-corrected chi connectivity index (χ3v) is 4.25. The van der Waals surface area contributed by atoms with Gasteiger partial charge in [0.05, 0.1) is 18.3 Å². The van der Waals surface area contributed by atoms with Crippen molar-refractivity contribution in [2.45, 2.75) is 12.1 Å². The van der Waals surface area contributed by atoms with Crippen LogP contribution in [0, 0.1) is 0 Å². The molecule has 0 spiro atoms. The largest absolute Gasteiger partial charge is 0.366 e. The van der Waals surface area contributed by atoms with Crippen LogP contribution < -0.4 is 5.32 Å². The molecular weight excluding hydrogens is 326 g/mol. The quantitative estimate of drug-likeness (QED) is 0.923. The van der Waals surface area contributed by atoms with Crippen LogP contribution in [0.3, 0.4) is 0 Å². The Hall–Kier alpha value is -1.95. The number of hydrogen-bond donors (Lipinski definition) is 1. The highest BCUT2D eigenvalue weighted by atomic mass is 35.5. The van der Waals surface area contributed by atoms with E-state index < -0.39 is 6.10 Å². The minimum atomic E-state index is -0.478. The number of rotatable bonds is 4. The molecule has 0 saturated carbocycles. The molecule has 2 atom stereocenters. The predicted octanol–water partition coefficient (Wildman–Crippen LogP) is 2.27. The van der Waals surface area contributed by atoms with Crippen LogP contribution in [0.25, 0.3) is 0 Å². The zero-order chi connectivity index (χ0) is 16.9. The fourth-order valence-electron chi connectivity index (χ4n) is 2.73.